The van der Waals surface area contributed by atoms with Crippen LogP contribution < -0.4 is 16.0 Å². The SMILES string of the molecule is CCC(C)C(NC(=O)Nc1ccc(C)c(C)c1)C(=O)Nc1nnc(-c2cccc(Cl)c2)s1. The van der Waals surface area contributed by atoms with Crippen LogP contribution in [0, 0.1) is 19.8 Å². The molecule has 32 heavy (non-hydrogen) atoms. The number of halogens is 1. The number of hydrogen-bond acceptors (Lipinski definition) is 5. The minimum Gasteiger partial charge on any atom is -0.326 e. The van der Waals surface area contributed by atoms with Gasteiger partial charge in [-0.1, -0.05) is 61.4 Å². The lowest BCUT2D eigenvalue weighted by atomic mass is 9.98. The molecule has 2 unspecified atom stereocenters. The molecule has 0 aliphatic heterocycles. The molecule has 3 amide bonds. The summed E-state index contributed by atoms with van der Waals surface area (Å²) >= 11 is 7.28. The van der Waals surface area contributed by atoms with Crippen molar-refractivity contribution in [2.24, 2.45) is 5.92 Å². The van der Waals surface area contributed by atoms with Crippen LogP contribution in [0.5, 0.6) is 0 Å². The number of aryl methyl sites for hydroxylation is 2. The molecule has 0 aliphatic rings. The Kier molecular flexibility index (Phi) is 7.82. The molecule has 3 N–H and O–H groups in total. The highest BCUT2D eigenvalue weighted by atomic mass is 35.5. The summed E-state index contributed by atoms with van der Waals surface area (Å²) < 4.78 is 0. The topological polar surface area (TPSA) is 96.0 Å². The number of anilines is 2. The number of rotatable bonds is 7. The molecule has 168 valence electrons. The standard InChI is InChI=1S/C23H26ClN5O2S/c1-5-13(2)19(26-22(31)25-18-10-9-14(3)15(4)11-18)20(30)27-23-29-28-21(32-23)16-7-6-8-17(24)12-16/h6-13,19H,5H2,1-4H3,(H2,25,26,31)(H,27,29,30). The van der Waals surface area contributed by atoms with Gasteiger partial charge in [0.05, 0.1) is 0 Å². The molecule has 3 rings (SSSR count). The van der Waals surface area contributed by atoms with Gasteiger partial charge in [0.25, 0.3) is 0 Å². The van der Waals surface area contributed by atoms with Crippen LogP contribution in [0.1, 0.15) is 31.4 Å². The molecule has 1 heterocycles. The van der Waals surface area contributed by atoms with Crippen molar-refractivity contribution in [3.05, 3.63) is 58.6 Å². The third kappa shape index (κ3) is 6.05. The zero-order valence-corrected chi connectivity index (χ0v) is 20.0. The van der Waals surface area contributed by atoms with Gasteiger partial charge in [-0.2, -0.15) is 0 Å². The van der Waals surface area contributed by atoms with Gasteiger partial charge in [0, 0.05) is 16.3 Å². The van der Waals surface area contributed by atoms with Gasteiger partial charge in [0.2, 0.25) is 11.0 Å². The lowest BCUT2D eigenvalue weighted by Gasteiger charge is -2.23. The first-order valence-electron chi connectivity index (χ1n) is 10.3. The monoisotopic (exact) mass is 471 g/mol. The Labute approximate surface area is 196 Å². The highest BCUT2D eigenvalue weighted by Gasteiger charge is 2.27. The van der Waals surface area contributed by atoms with Gasteiger partial charge in [0.1, 0.15) is 11.0 Å². The molecule has 0 spiro atoms. The Morgan fingerprint density at radius 2 is 1.84 bits per heavy atom. The van der Waals surface area contributed by atoms with Crippen molar-refractivity contribution in [3.63, 3.8) is 0 Å². The summed E-state index contributed by atoms with van der Waals surface area (Å²) in [5.41, 5.74) is 3.71. The van der Waals surface area contributed by atoms with Crippen molar-refractivity contribution < 1.29 is 9.59 Å². The number of carbonyl (C=O) groups excluding carboxylic acids is 2. The molecule has 1 aromatic heterocycles. The number of amides is 3. The van der Waals surface area contributed by atoms with Crippen molar-refractivity contribution in [2.45, 2.75) is 40.2 Å². The summed E-state index contributed by atoms with van der Waals surface area (Å²) in [5.74, 6) is -0.427. The first kappa shape index (κ1) is 23.7. The summed E-state index contributed by atoms with van der Waals surface area (Å²) in [6, 6.07) is 11.8. The number of nitrogens with one attached hydrogen (secondary N) is 3. The summed E-state index contributed by atoms with van der Waals surface area (Å²) in [4.78, 5) is 25.5. The molecular formula is C23H26ClN5O2S. The van der Waals surface area contributed by atoms with E-state index in [0.717, 1.165) is 16.7 Å². The van der Waals surface area contributed by atoms with Crippen LogP contribution in [0.3, 0.4) is 0 Å². The van der Waals surface area contributed by atoms with Gasteiger partial charge < -0.3 is 10.6 Å². The predicted molar refractivity (Wildman–Crippen MR) is 130 cm³/mol. The van der Waals surface area contributed by atoms with E-state index >= 15 is 0 Å². The van der Waals surface area contributed by atoms with Crippen molar-refractivity contribution in [2.75, 3.05) is 10.6 Å². The smallest absolute Gasteiger partial charge is 0.319 e. The van der Waals surface area contributed by atoms with Crippen LogP contribution in [-0.4, -0.2) is 28.2 Å². The Morgan fingerprint density at radius 3 is 2.53 bits per heavy atom. The fourth-order valence-electron chi connectivity index (χ4n) is 3.02. The van der Waals surface area contributed by atoms with E-state index < -0.39 is 12.1 Å². The Morgan fingerprint density at radius 1 is 1.06 bits per heavy atom. The summed E-state index contributed by atoms with van der Waals surface area (Å²) in [6.45, 7) is 7.87. The molecule has 3 aromatic rings. The van der Waals surface area contributed by atoms with Crippen LogP contribution in [0.15, 0.2) is 42.5 Å². The second-order valence-electron chi connectivity index (χ2n) is 7.67. The zero-order valence-electron chi connectivity index (χ0n) is 18.4. The van der Waals surface area contributed by atoms with E-state index in [2.05, 4.69) is 26.1 Å². The molecule has 0 fully saturated rings. The fourth-order valence-corrected chi connectivity index (χ4v) is 3.96. The van der Waals surface area contributed by atoms with Gasteiger partial charge in [-0.05, 0) is 55.2 Å². The molecule has 0 bridgehead atoms. The van der Waals surface area contributed by atoms with E-state index in [4.69, 9.17) is 11.6 Å². The normalized spacial score (nSPS) is 12.7. The average Bonchev–Trinajstić information content (AvgIpc) is 3.22. The summed E-state index contributed by atoms with van der Waals surface area (Å²) in [5, 5.41) is 18.2. The Hall–Kier alpha value is -2.97. The van der Waals surface area contributed by atoms with Gasteiger partial charge >= 0.3 is 6.03 Å². The number of aromatic nitrogens is 2. The Balaban J connectivity index is 1.68. The molecule has 0 saturated carbocycles. The number of hydrogen-bond donors (Lipinski definition) is 3. The van der Waals surface area contributed by atoms with E-state index in [-0.39, 0.29) is 11.8 Å². The largest absolute Gasteiger partial charge is 0.326 e. The third-order valence-corrected chi connectivity index (χ3v) is 6.40. The number of urea groups is 1. The van der Waals surface area contributed by atoms with Crippen LogP contribution in [0.4, 0.5) is 15.6 Å². The quantitative estimate of drug-likeness (QED) is 0.414. The molecule has 0 radical (unpaired) electrons. The van der Waals surface area contributed by atoms with Crippen LogP contribution in [0.2, 0.25) is 5.02 Å². The lowest BCUT2D eigenvalue weighted by Crippen LogP contribution is -2.49. The maximum absolute atomic E-state index is 13.0. The Bertz CT molecular complexity index is 1120. The molecule has 2 atom stereocenters. The summed E-state index contributed by atoms with van der Waals surface area (Å²) in [6.07, 6.45) is 0.714. The maximum Gasteiger partial charge on any atom is 0.319 e. The van der Waals surface area contributed by atoms with E-state index in [9.17, 15) is 9.59 Å². The number of carbonyl (C=O) groups is 2. The highest BCUT2D eigenvalue weighted by Crippen LogP contribution is 2.28. The van der Waals surface area contributed by atoms with Crippen LogP contribution in [0.25, 0.3) is 10.6 Å². The predicted octanol–water partition coefficient (Wildman–Crippen LogP) is 5.65. The van der Waals surface area contributed by atoms with Crippen molar-refractivity contribution in [3.8, 4) is 10.6 Å². The highest BCUT2D eigenvalue weighted by molar-refractivity contribution is 7.18. The molecule has 0 aliphatic carbocycles. The second kappa shape index (κ2) is 10.6. The van der Waals surface area contributed by atoms with Crippen LogP contribution in [-0.2, 0) is 4.79 Å². The zero-order chi connectivity index (χ0) is 23.3. The lowest BCUT2D eigenvalue weighted by molar-refractivity contribution is -0.119. The minimum atomic E-state index is -0.731. The second-order valence-corrected chi connectivity index (χ2v) is 9.09. The van der Waals surface area contributed by atoms with Crippen molar-refractivity contribution >= 4 is 45.7 Å². The third-order valence-electron chi connectivity index (χ3n) is 5.27. The molecule has 7 nitrogen and oxygen atoms in total. The maximum atomic E-state index is 13.0. The minimum absolute atomic E-state index is 0.0826. The van der Waals surface area contributed by atoms with E-state index in [1.165, 1.54) is 11.3 Å². The number of benzene rings is 2. The van der Waals surface area contributed by atoms with Crippen molar-refractivity contribution in [1.29, 1.82) is 0 Å². The van der Waals surface area contributed by atoms with E-state index in [1.807, 2.05) is 58.0 Å². The number of nitrogens with zero attached hydrogens (tertiary/aromatic N) is 2. The van der Waals surface area contributed by atoms with E-state index in [0.29, 0.717) is 27.3 Å². The summed E-state index contributed by atoms with van der Waals surface area (Å²) in [7, 11) is 0. The first-order chi connectivity index (χ1) is 15.3. The molecule has 0 saturated heterocycles. The van der Waals surface area contributed by atoms with Crippen LogP contribution >= 0.6 is 22.9 Å². The van der Waals surface area contributed by atoms with Crippen molar-refractivity contribution in [1.82, 2.24) is 15.5 Å². The fraction of sp³-hybridized carbons (Fsp3) is 0.304. The van der Waals surface area contributed by atoms with Gasteiger partial charge in [-0.25, -0.2) is 4.79 Å². The first-order valence-corrected chi connectivity index (χ1v) is 11.5. The van der Waals surface area contributed by atoms with E-state index in [1.54, 1.807) is 12.1 Å². The van der Waals surface area contributed by atoms with Gasteiger partial charge in [-0.15, -0.1) is 10.2 Å². The molecule has 9 heteroatoms. The molecular weight excluding hydrogens is 446 g/mol. The average molecular weight is 472 g/mol. The molecule has 2 aromatic carbocycles. The van der Waals surface area contributed by atoms with Gasteiger partial charge in [0.15, 0.2) is 0 Å². The van der Waals surface area contributed by atoms with Gasteiger partial charge in [-0.3, -0.25) is 10.1 Å².